The van der Waals surface area contributed by atoms with E-state index in [1.165, 1.54) is 16.8 Å². The van der Waals surface area contributed by atoms with Gasteiger partial charge in [-0.15, -0.1) is 0 Å². The van der Waals surface area contributed by atoms with Crippen molar-refractivity contribution in [1.29, 1.82) is 0 Å². The Hall–Kier alpha value is -2.74. The van der Waals surface area contributed by atoms with E-state index in [-0.39, 0.29) is 0 Å². The van der Waals surface area contributed by atoms with E-state index in [0.717, 1.165) is 23.5 Å². The van der Waals surface area contributed by atoms with Crippen molar-refractivity contribution in [2.24, 2.45) is 0 Å². The van der Waals surface area contributed by atoms with Crippen LogP contribution in [-0.2, 0) is 6.42 Å². The van der Waals surface area contributed by atoms with Gasteiger partial charge in [-0.1, -0.05) is 43.3 Å². The first-order valence-electron chi connectivity index (χ1n) is 8.04. The zero-order chi connectivity index (χ0) is 16.1. The van der Waals surface area contributed by atoms with Gasteiger partial charge in [-0.3, -0.25) is 0 Å². The summed E-state index contributed by atoms with van der Waals surface area (Å²) in [5, 5.41) is 6.96. The van der Waals surface area contributed by atoms with Crippen LogP contribution in [0.2, 0.25) is 0 Å². The topological polar surface area (TPSA) is 24.1 Å². The van der Waals surface area contributed by atoms with Crippen LogP contribution in [0.25, 0.3) is 0 Å². The Morgan fingerprint density at radius 2 is 1.17 bits per heavy atom. The Morgan fingerprint density at radius 3 is 1.78 bits per heavy atom. The van der Waals surface area contributed by atoms with Gasteiger partial charge in [0.2, 0.25) is 0 Å². The summed E-state index contributed by atoms with van der Waals surface area (Å²) < 4.78 is 0. The summed E-state index contributed by atoms with van der Waals surface area (Å²) in [5.41, 5.74) is 7.08. The Labute approximate surface area is 138 Å². The molecule has 2 nitrogen and oxygen atoms in total. The number of hydrogen-bond donors (Lipinski definition) is 2. The van der Waals surface area contributed by atoms with Crippen LogP contribution in [0.4, 0.5) is 22.7 Å². The van der Waals surface area contributed by atoms with Crippen LogP contribution in [0.3, 0.4) is 0 Å². The molecule has 2 N–H and O–H groups in total. The zero-order valence-electron chi connectivity index (χ0n) is 13.6. The van der Waals surface area contributed by atoms with Crippen molar-refractivity contribution in [2.75, 3.05) is 10.6 Å². The summed E-state index contributed by atoms with van der Waals surface area (Å²) in [6.45, 7) is 4.29. The van der Waals surface area contributed by atoms with Gasteiger partial charge in [0.25, 0.3) is 0 Å². The standard InChI is InChI=1S/C21H22N2/c1-3-17-9-5-7-11-21(17)23-19-14-12-18(13-15-19)22-20-10-6-4-8-16(20)2/h4-15,22-23H,3H2,1-2H3. The molecule has 0 spiro atoms. The van der Waals surface area contributed by atoms with Crippen LogP contribution in [0.1, 0.15) is 18.1 Å². The smallest absolute Gasteiger partial charge is 0.0416 e. The molecule has 23 heavy (non-hydrogen) atoms. The second-order valence-electron chi connectivity index (χ2n) is 5.65. The van der Waals surface area contributed by atoms with Crippen LogP contribution >= 0.6 is 0 Å². The lowest BCUT2D eigenvalue weighted by molar-refractivity contribution is 1.14. The Bertz CT molecular complexity index is 776. The van der Waals surface area contributed by atoms with Gasteiger partial charge in [0.05, 0.1) is 0 Å². The van der Waals surface area contributed by atoms with Crippen LogP contribution in [0, 0.1) is 6.92 Å². The number of aryl methyl sites for hydroxylation is 2. The second-order valence-corrected chi connectivity index (χ2v) is 5.65. The lowest BCUT2D eigenvalue weighted by atomic mass is 10.1. The summed E-state index contributed by atoms with van der Waals surface area (Å²) in [7, 11) is 0. The molecule has 116 valence electrons. The molecular weight excluding hydrogens is 280 g/mol. The van der Waals surface area contributed by atoms with Gasteiger partial charge in [0, 0.05) is 22.7 Å². The van der Waals surface area contributed by atoms with Crippen molar-refractivity contribution >= 4 is 22.7 Å². The van der Waals surface area contributed by atoms with Gasteiger partial charge in [-0.25, -0.2) is 0 Å². The summed E-state index contributed by atoms with van der Waals surface area (Å²) in [4.78, 5) is 0. The molecule has 0 saturated heterocycles. The van der Waals surface area contributed by atoms with E-state index in [1.807, 2.05) is 6.07 Å². The first kappa shape index (κ1) is 15.2. The van der Waals surface area contributed by atoms with E-state index in [4.69, 9.17) is 0 Å². The maximum absolute atomic E-state index is 3.50. The molecule has 0 heterocycles. The fraction of sp³-hybridized carbons (Fsp3) is 0.143. The fourth-order valence-corrected chi connectivity index (χ4v) is 2.61. The predicted molar refractivity (Wildman–Crippen MR) is 100 cm³/mol. The van der Waals surface area contributed by atoms with E-state index in [0.29, 0.717) is 0 Å². The van der Waals surface area contributed by atoms with Crippen LogP contribution in [0.5, 0.6) is 0 Å². The lowest BCUT2D eigenvalue weighted by Crippen LogP contribution is -1.96. The molecule has 0 fully saturated rings. The molecule has 3 rings (SSSR count). The van der Waals surface area contributed by atoms with Crippen molar-refractivity contribution in [3.63, 3.8) is 0 Å². The van der Waals surface area contributed by atoms with E-state index in [2.05, 4.69) is 91.2 Å². The van der Waals surface area contributed by atoms with Crippen LogP contribution in [-0.4, -0.2) is 0 Å². The third-order valence-corrected chi connectivity index (χ3v) is 3.99. The third-order valence-electron chi connectivity index (χ3n) is 3.99. The molecule has 0 aliphatic carbocycles. The van der Waals surface area contributed by atoms with Crippen LogP contribution in [0.15, 0.2) is 72.8 Å². The minimum Gasteiger partial charge on any atom is -0.355 e. The van der Waals surface area contributed by atoms with Crippen molar-refractivity contribution in [1.82, 2.24) is 0 Å². The van der Waals surface area contributed by atoms with Crippen LogP contribution < -0.4 is 10.6 Å². The highest BCUT2D eigenvalue weighted by molar-refractivity contribution is 5.68. The molecule has 0 atom stereocenters. The quantitative estimate of drug-likeness (QED) is 0.600. The molecule has 3 aromatic rings. The number of anilines is 4. The number of nitrogens with one attached hydrogen (secondary N) is 2. The molecule has 0 unspecified atom stereocenters. The molecule has 3 aromatic carbocycles. The largest absolute Gasteiger partial charge is 0.355 e. The highest BCUT2D eigenvalue weighted by atomic mass is 14.9. The minimum absolute atomic E-state index is 1.02. The molecule has 0 aliphatic heterocycles. The third kappa shape index (κ3) is 3.72. The SMILES string of the molecule is CCc1ccccc1Nc1ccc(Nc2ccccc2C)cc1. The van der Waals surface area contributed by atoms with Gasteiger partial charge in [0.15, 0.2) is 0 Å². The van der Waals surface area contributed by atoms with E-state index < -0.39 is 0 Å². The van der Waals surface area contributed by atoms with Gasteiger partial charge in [-0.2, -0.15) is 0 Å². The normalized spacial score (nSPS) is 10.3. The number of hydrogen-bond acceptors (Lipinski definition) is 2. The lowest BCUT2D eigenvalue weighted by Gasteiger charge is -2.13. The first-order valence-corrected chi connectivity index (χ1v) is 8.04. The van der Waals surface area contributed by atoms with E-state index in [9.17, 15) is 0 Å². The molecule has 0 aliphatic rings. The minimum atomic E-state index is 1.02. The average Bonchev–Trinajstić information content (AvgIpc) is 2.59. The van der Waals surface area contributed by atoms with Gasteiger partial charge in [0.1, 0.15) is 0 Å². The summed E-state index contributed by atoms with van der Waals surface area (Å²) in [6.07, 6.45) is 1.02. The van der Waals surface area contributed by atoms with Crippen molar-refractivity contribution in [3.05, 3.63) is 83.9 Å². The number of para-hydroxylation sites is 2. The predicted octanol–water partition coefficient (Wildman–Crippen LogP) is 6.04. The Balaban J connectivity index is 1.73. The molecule has 0 radical (unpaired) electrons. The van der Waals surface area contributed by atoms with E-state index >= 15 is 0 Å². The van der Waals surface area contributed by atoms with E-state index in [1.54, 1.807) is 0 Å². The monoisotopic (exact) mass is 302 g/mol. The van der Waals surface area contributed by atoms with Crippen molar-refractivity contribution in [3.8, 4) is 0 Å². The van der Waals surface area contributed by atoms with Gasteiger partial charge in [-0.05, 0) is 60.9 Å². The molecular formula is C21H22N2. The maximum atomic E-state index is 3.50. The maximum Gasteiger partial charge on any atom is 0.0416 e. The molecule has 0 saturated carbocycles. The molecule has 0 amide bonds. The molecule has 2 heteroatoms. The molecule has 0 aromatic heterocycles. The fourth-order valence-electron chi connectivity index (χ4n) is 2.61. The Kier molecular flexibility index (Phi) is 4.62. The Morgan fingerprint density at radius 1 is 0.652 bits per heavy atom. The molecule has 0 bridgehead atoms. The summed E-state index contributed by atoms with van der Waals surface area (Å²) >= 11 is 0. The average molecular weight is 302 g/mol. The van der Waals surface area contributed by atoms with Crippen molar-refractivity contribution < 1.29 is 0 Å². The summed E-state index contributed by atoms with van der Waals surface area (Å²) in [6, 6.07) is 25.2. The second kappa shape index (κ2) is 7.01. The summed E-state index contributed by atoms with van der Waals surface area (Å²) in [5.74, 6) is 0. The zero-order valence-corrected chi connectivity index (χ0v) is 13.6. The van der Waals surface area contributed by atoms with Gasteiger partial charge >= 0.3 is 0 Å². The first-order chi connectivity index (χ1) is 11.3. The van der Waals surface area contributed by atoms with Crippen molar-refractivity contribution in [2.45, 2.75) is 20.3 Å². The number of benzene rings is 3. The van der Waals surface area contributed by atoms with Gasteiger partial charge < -0.3 is 10.6 Å². The number of rotatable bonds is 5. The highest BCUT2D eigenvalue weighted by Crippen LogP contribution is 2.24. The highest BCUT2D eigenvalue weighted by Gasteiger charge is 2.01.